The van der Waals surface area contributed by atoms with Gasteiger partial charge in [0.1, 0.15) is 12.4 Å². The quantitative estimate of drug-likeness (QED) is 0.691. The molecule has 4 heteroatoms. The fourth-order valence-corrected chi connectivity index (χ4v) is 2.48. The van der Waals surface area contributed by atoms with Crippen LogP contribution in [0.15, 0.2) is 72.8 Å². The molecule has 0 unspecified atom stereocenters. The summed E-state index contributed by atoms with van der Waals surface area (Å²) >= 11 is 0. The molecule has 24 heavy (non-hydrogen) atoms. The number of benzene rings is 3. The van der Waals surface area contributed by atoms with E-state index >= 15 is 0 Å². The standard InChI is InChI=1S/C20H17NO3/c21-18-11-10-15(12-17(18)20(22)23)16-8-4-5-9-19(16)24-13-14-6-2-1-3-7-14/h1-12H,13,21H2,(H,22,23). The van der Waals surface area contributed by atoms with Gasteiger partial charge in [-0.1, -0.05) is 54.6 Å². The second kappa shape index (κ2) is 6.87. The molecule has 3 rings (SSSR count). The van der Waals surface area contributed by atoms with Crippen LogP contribution in [0.25, 0.3) is 11.1 Å². The Labute approximate surface area is 140 Å². The molecule has 0 amide bonds. The Morgan fingerprint density at radius 2 is 1.67 bits per heavy atom. The molecular formula is C20H17NO3. The van der Waals surface area contributed by atoms with E-state index in [9.17, 15) is 9.90 Å². The van der Waals surface area contributed by atoms with Gasteiger partial charge in [0.05, 0.1) is 5.56 Å². The number of anilines is 1. The topological polar surface area (TPSA) is 72.5 Å². The highest BCUT2D eigenvalue weighted by Gasteiger charge is 2.12. The lowest BCUT2D eigenvalue weighted by Gasteiger charge is -2.13. The smallest absolute Gasteiger partial charge is 0.337 e. The second-order valence-corrected chi connectivity index (χ2v) is 5.38. The highest BCUT2D eigenvalue weighted by atomic mass is 16.5. The average molecular weight is 319 g/mol. The molecule has 0 aromatic heterocycles. The minimum atomic E-state index is -1.04. The van der Waals surface area contributed by atoms with Crippen molar-refractivity contribution in [3.05, 3.63) is 83.9 Å². The zero-order chi connectivity index (χ0) is 16.9. The van der Waals surface area contributed by atoms with Gasteiger partial charge >= 0.3 is 5.97 Å². The van der Waals surface area contributed by atoms with Gasteiger partial charge in [0.2, 0.25) is 0 Å². The van der Waals surface area contributed by atoms with Crippen molar-refractivity contribution in [1.29, 1.82) is 0 Å². The van der Waals surface area contributed by atoms with Crippen LogP contribution in [0, 0.1) is 0 Å². The molecule has 0 atom stereocenters. The van der Waals surface area contributed by atoms with E-state index in [0.29, 0.717) is 12.4 Å². The van der Waals surface area contributed by atoms with Gasteiger partial charge in [0, 0.05) is 11.3 Å². The number of rotatable bonds is 5. The van der Waals surface area contributed by atoms with E-state index in [4.69, 9.17) is 10.5 Å². The van der Waals surface area contributed by atoms with Crippen LogP contribution in [-0.2, 0) is 6.61 Å². The van der Waals surface area contributed by atoms with E-state index < -0.39 is 5.97 Å². The maximum absolute atomic E-state index is 11.3. The Bertz CT molecular complexity index is 860. The number of ether oxygens (including phenoxy) is 1. The highest BCUT2D eigenvalue weighted by molar-refractivity contribution is 5.95. The predicted octanol–water partition coefficient (Wildman–Crippen LogP) is 4.21. The molecular weight excluding hydrogens is 302 g/mol. The molecule has 3 aromatic rings. The Morgan fingerprint density at radius 1 is 0.958 bits per heavy atom. The minimum absolute atomic E-state index is 0.0883. The third kappa shape index (κ3) is 3.38. The summed E-state index contributed by atoms with van der Waals surface area (Å²) in [5.41, 5.74) is 8.71. The molecule has 0 heterocycles. The van der Waals surface area contributed by atoms with Crippen LogP contribution >= 0.6 is 0 Å². The summed E-state index contributed by atoms with van der Waals surface area (Å²) in [6.45, 7) is 0.443. The molecule has 0 saturated heterocycles. The van der Waals surface area contributed by atoms with E-state index in [1.165, 1.54) is 0 Å². The SMILES string of the molecule is Nc1ccc(-c2ccccc2OCc2ccccc2)cc1C(=O)O. The van der Waals surface area contributed by atoms with Crippen LogP contribution in [0.2, 0.25) is 0 Å². The predicted molar refractivity (Wildman–Crippen MR) is 94.0 cm³/mol. The molecule has 0 fully saturated rings. The molecule has 0 radical (unpaired) electrons. The van der Waals surface area contributed by atoms with E-state index in [0.717, 1.165) is 16.7 Å². The summed E-state index contributed by atoms with van der Waals surface area (Å²) in [4.78, 5) is 11.3. The summed E-state index contributed by atoms with van der Waals surface area (Å²) in [6, 6.07) is 22.4. The van der Waals surface area contributed by atoms with Gasteiger partial charge in [-0.05, 0) is 29.3 Å². The summed E-state index contributed by atoms with van der Waals surface area (Å²) in [7, 11) is 0. The van der Waals surface area contributed by atoms with Gasteiger partial charge in [0.15, 0.2) is 0 Å². The number of carbonyl (C=O) groups is 1. The Kier molecular flexibility index (Phi) is 4.47. The number of hydrogen-bond acceptors (Lipinski definition) is 3. The molecule has 3 aromatic carbocycles. The number of nitrogen functional groups attached to an aromatic ring is 1. The molecule has 0 aliphatic heterocycles. The number of aromatic carboxylic acids is 1. The number of carboxylic acids is 1. The third-order valence-corrected chi connectivity index (χ3v) is 3.72. The number of carboxylic acid groups (broad SMARTS) is 1. The lowest BCUT2D eigenvalue weighted by molar-refractivity contribution is 0.0698. The number of nitrogens with two attached hydrogens (primary N) is 1. The van der Waals surface area contributed by atoms with E-state index in [2.05, 4.69) is 0 Å². The van der Waals surface area contributed by atoms with Crippen molar-refractivity contribution in [2.45, 2.75) is 6.61 Å². The van der Waals surface area contributed by atoms with E-state index in [1.54, 1.807) is 18.2 Å². The average Bonchev–Trinajstić information content (AvgIpc) is 2.61. The minimum Gasteiger partial charge on any atom is -0.488 e. The zero-order valence-corrected chi connectivity index (χ0v) is 13.0. The summed E-state index contributed by atoms with van der Waals surface area (Å²) in [5.74, 6) is -0.348. The van der Waals surface area contributed by atoms with Gasteiger partial charge < -0.3 is 15.6 Å². The fraction of sp³-hybridized carbons (Fsp3) is 0.0500. The molecule has 120 valence electrons. The van der Waals surface area contributed by atoms with Crippen LogP contribution in [0.4, 0.5) is 5.69 Å². The zero-order valence-electron chi connectivity index (χ0n) is 13.0. The summed E-state index contributed by atoms with van der Waals surface area (Å²) in [5, 5.41) is 9.25. The van der Waals surface area contributed by atoms with Crippen molar-refractivity contribution in [1.82, 2.24) is 0 Å². The van der Waals surface area contributed by atoms with Crippen LogP contribution in [0.1, 0.15) is 15.9 Å². The molecule has 0 aliphatic carbocycles. The number of para-hydroxylation sites is 1. The molecule has 0 saturated carbocycles. The second-order valence-electron chi connectivity index (χ2n) is 5.38. The Balaban J connectivity index is 1.92. The monoisotopic (exact) mass is 319 g/mol. The molecule has 0 bridgehead atoms. The van der Waals surface area contributed by atoms with Gasteiger partial charge in [-0.2, -0.15) is 0 Å². The lowest BCUT2D eigenvalue weighted by atomic mass is 10.0. The third-order valence-electron chi connectivity index (χ3n) is 3.72. The van der Waals surface area contributed by atoms with Crippen LogP contribution in [-0.4, -0.2) is 11.1 Å². The summed E-state index contributed by atoms with van der Waals surface area (Å²) in [6.07, 6.45) is 0. The summed E-state index contributed by atoms with van der Waals surface area (Å²) < 4.78 is 5.93. The molecule has 3 N–H and O–H groups in total. The normalized spacial score (nSPS) is 10.3. The van der Waals surface area contributed by atoms with Gasteiger partial charge in [-0.15, -0.1) is 0 Å². The molecule has 0 aliphatic rings. The first-order chi connectivity index (χ1) is 11.6. The van der Waals surface area contributed by atoms with Crippen molar-refractivity contribution in [3.8, 4) is 16.9 Å². The number of hydrogen-bond donors (Lipinski definition) is 2. The van der Waals surface area contributed by atoms with E-state index in [-0.39, 0.29) is 11.3 Å². The van der Waals surface area contributed by atoms with E-state index in [1.807, 2.05) is 54.6 Å². The Hall–Kier alpha value is -3.27. The lowest BCUT2D eigenvalue weighted by Crippen LogP contribution is -2.03. The van der Waals surface area contributed by atoms with Crippen molar-refractivity contribution < 1.29 is 14.6 Å². The van der Waals surface area contributed by atoms with Gasteiger partial charge in [-0.25, -0.2) is 4.79 Å². The van der Waals surface area contributed by atoms with Crippen LogP contribution in [0.5, 0.6) is 5.75 Å². The van der Waals surface area contributed by atoms with Gasteiger partial charge in [-0.3, -0.25) is 0 Å². The highest BCUT2D eigenvalue weighted by Crippen LogP contribution is 2.32. The first-order valence-electron chi connectivity index (χ1n) is 7.54. The maximum atomic E-state index is 11.3. The van der Waals surface area contributed by atoms with Crippen LogP contribution < -0.4 is 10.5 Å². The van der Waals surface area contributed by atoms with Crippen molar-refractivity contribution in [3.63, 3.8) is 0 Å². The first-order valence-corrected chi connectivity index (χ1v) is 7.54. The van der Waals surface area contributed by atoms with Crippen molar-refractivity contribution in [2.24, 2.45) is 0 Å². The molecule has 0 spiro atoms. The largest absolute Gasteiger partial charge is 0.488 e. The van der Waals surface area contributed by atoms with Crippen LogP contribution in [0.3, 0.4) is 0 Å². The van der Waals surface area contributed by atoms with Crippen molar-refractivity contribution >= 4 is 11.7 Å². The van der Waals surface area contributed by atoms with Crippen molar-refractivity contribution in [2.75, 3.05) is 5.73 Å². The molecule has 4 nitrogen and oxygen atoms in total. The first kappa shape index (κ1) is 15.6. The van der Waals surface area contributed by atoms with Gasteiger partial charge in [0.25, 0.3) is 0 Å². The maximum Gasteiger partial charge on any atom is 0.337 e. The Morgan fingerprint density at radius 3 is 2.42 bits per heavy atom. The fourth-order valence-electron chi connectivity index (χ4n) is 2.48.